The van der Waals surface area contributed by atoms with Crippen LogP contribution in [0.1, 0.15) is 41.5 Å². The summed E-state index contributed by atoms with van der Waals surface area (Å²) < 4.78 is 20.3. The Labute approximate surface area is 100 Å². The average molecular weight is 232 g/mol. The zero-order valence-corrected chi connectivity index (χ0v) is 11.6. The normalized spacial score (nSPS) is 6.50. The highest BCUT2D eigenvalue weighted by Gasteiger charge is 1.65. The molecule has 0 saturated carbocycles. The van der Waals surface area contributed by atoms with Crippen molar-refractivity contribution in [1.29, 1.82) is 0 Å². The summed E-state index contributed by atoms with van der Waals surface area (Å²) in [6.07, 6.45) is -1.83. The van der Waals surface area contributed by atoms with Gasteiger partial charge in [0.25, 0.3) is 6.08 Å². The van der Waals surface area contributed by atoms with Crippen molar-refractivity contribution < 1.29 is 8.78 Å². The van der Waals surface area contributed by atoms with Crippen LogP contribution in [0.4, 0.5) is 8.78 Å². The van der Waals surface area contributed by atoms with Gasteiger partial charge in [0.15, 0.2) is 0 Å². The Morgan fingerprint density at radius 2 is 0.562 bits per heavy atom. The van der Waals surface area contributed by atoms with Crippen molar-refractivity contribution in [2.24, 2.45) is 0 Å². The molecule has 0 aliphatic carbocycles. The quantitative estimate of drug-likeness (QED) is 0.440. The Balaban J connectivity index is -0.0000000600. The molecule has 0 fully saturated rings. The van der Waals surface area contributed by atoms with Crippen molar-refractivity contribution in [3.8, 4) is 0 Å². The summed E-state index contributed by atoms with van der Waals surface area (Å²) in [5.41, 5.74) is 3.50. The van der Waals surface area contributed by atoms with Gasteiger partial charge in [-0.15, -0.1) is 19.7 Å². The van der Waals surface area contributed by atoms with Gasteiger partial charge in [0, 0.05) is 0 Å². The number of hydrogen-bond donors (Lipinski definition) is 0. The lowest BCUT2D eigenvalue weighted by atomic mass is 10.4. The Hall–Kier alpha value is -1.18. The Morgan fingerprint density at radius 3 is 0.562 bits per heavy atom. The maximum absolute atomic E-state index is 10.1. The highest BCUT2D eigenvalue weighted by Crippen LogP contribution is 1.85. The first-order chi connectivity index (χ1) is 6.93. The molecule has 0 bridgehead atoms. The lowest BCUT2D eigenvalue weighted by Gasteiger charge is -1.65. The van der Waals surface area contributed by atoms with Crippen LogP contribution in [0.5, 0.6) is 0 Å². The van der Waals surface area contributed by atoms with Crippen molar-refractivity contribution >= 4 is 0 Å². The second kappa shape index (κ2) is 19.4. The van der Waals surface area contributed by atoms with E-state index in [9.17, 15) is 8.78 Å². The molecule has 0 rings (SSSR count). The monoisotopic (exact) mass is 232 g/mol. The zero-order valence-electron chi connectivity index (χ0n) is 11.6. The fourth-order valence-corrected chi connectivity index (χ4v) is 0. The van der Waals surface area contributed by atoms with Gasteiger partial charge in [-0.1, -0.05) is 16.7 Å². The van der Waals surface area contributed by atoms with Gasteiger partial charge in [-0.05, 0) is 48.1 Å². The van der Waals surface area contributed by atoms with Gasteiger partial charge in [0.1, 0.15) is 0 Å². The molecule has 0 aromatic rings. The minimum Gasteiger partial charge on any atom is -0.174 e. The van der Waals surface area contributed by atoms with Crippen LogP contribution in [-0.2, 0) is 0 Å². The molecular formula is C14H26F2. The molecule has 0 saturated heterocycles. The van der Waals surface area contributed by atoms with E-state index < -0.39 is 6.08 Å². The van der Waals surface area contributed by atoms with E-state index in [0.717, 1.165) is 0 Å². The zero-order chi connectivity index (χ0) is 14.3. The molecule has 0 aromatic heterocycles. The van der Waals surface area contributed by atoms with Crippen molar-refractivity contribution in [2.75, 3.05) is 0 Å². The van der Waals surface area contributed by atoms with Crippen molar-refractivity contribution in [2.45, 2.75) is 41.5 Å². The standard InChI is InChI=1S/3C4H8.C2H2F2/c3*1-4(2)3;1-2(3)4/h3*1H2,2-3H3;1H2. The molecule has 0 heterocycles. The summed E-state index contributed by atoms with van der Waals surface area (Å²) in [6, 6.07) is 0. The van der Waals surface area contributed by atoms with Crippen LogP contribution < -0.4 is 0 Å². The molecule has 0 nitrogen and oxygen atoms in total. The average Bonchev–Trinajstić information content (AvgIpc) is 1.76. The maximum atomic E-state index is 10.1. The molecule has 0 aromatic carbocycles. The van der Waals surface area contributed by atoms with Gasteiger partial charge in [-0.25, -0.2) is 0 Å². The second-order valence-corrected chi connectivity index (χ2v) is 3.96. The van der Waals surface area contributed by atoms with Crippen LogP contribution in [0.2, 0.25) is 0 Å². The lowest BCUT2D eigenvalue weighted by Crippen LogP contribution is -1.43. The van der Waals surface area contributed by atoms with Crippen LogP contribution >= 0.6 is 0 Å². The number of halogens is 2. The van der Waals surface area contributed by atoms with E-state index in [1.54, 1.807) is 0 Å². The van der Waals surface area contributed by atoms with E-state index in [4.69, 9.17) is 0 Å². The lowest BCUT2D eigenvalue weighted by molar-refractivity contribution is 0.426. The van der Waals surface area contributed by atoms with E-state index in [-0.39, 0.29) is 0 Å². The molecule has 0 amide bonds. The van der Waals surface area contributed by atoms with E-state index in [1.165, 1.54) is 16.7 Å². The Kier molecular flexibility index (Phi) is 29.3. The van der Waals surface area contributed by atoms with Gasteiger partial charge in [0.2, 0.25) is 0 Å². The third-order valence-electron chi connectivity index (χ3n) is 0. The predicted octanol–water partition coefficient (Wildman–Crippen LogP) is 6.14. The summed E-state index contributed by atoms with van der Waals surface area (Å²) in [7, 11) is 0. The van der Waals surface area contributed by atoms with Crippen LogP contribution in [0, 0.1) is 0 Å². The fourth-order valence-electron chi connectivity index (χ4n) is 0. The van der Waals surface area contributed by atoms with Gasteiger partial charge < -0.3 is 0 Å². The van der Waals surface area contributed by atoms with Crippen LogP contribution in [0.3, 0.4) is 0 Å². The SMILES string of the molecule is C=C(C)C.C=C(C)C.C=C(C)C.C=C(F)F. The molecule has 0 radical (unpaired) electrons. The fraction of sp³-hybridized carbons (Fsp3) is 0.429. The molecule has 0 aliphatic rings. The molecular weight excluding hydrogens is 206 g/mol. The third kappa shape index (κ3) is 1290. The molecule has 96 valence electrons. The van der Waals surface area contributed by atoms with E-state index in [2.05, 4.69) is 26.3 Å². The summed E-state index contributed by atoms with van der Waals surface area (Å²) in [6.45, 7) is 24.7. The predicted molar refractivity (Wildman–Crippen MR) is 72.8 cm³/mol. The first-order valence-electron chi connectivity index (χ1n) is 4.79. The largest absolute Gasteiger partial charge is 0.263 e. The van der Waals surface area contributed by atoms with Crippen LogP contribution in [0.25, 0.3) is 0 Å². The Bertz CT molecular complexity index is 149. The number of rotatable bonds is 0. The second-order valence-electron chi connectivity index (χ2n) is 3.96. The topological polar surface area (TPSA) is 0 Å². The first kappa shape index (κ1) is 24.2. The van der Waals surface area contributed by atoms with Crippen molar-refractivity contribution in [1.82, 2.24) is 0 Å². The molecule has 16 heavy (non-hydrogen) atoms. The van der Waals surface area contributed by atoms with Crippen LogP contribution in [-0.4, -0.2) is 0 Å². The van der Waals surface area contributed by atoms with E-state index in [1.807, 2.05) is 41.5 Å². The van der Waals surface area contributed by atoms with Gasteiger partial charge in [0.05, 0.1) is 0 Å². The highest BCUT2D eigenvalue weighted by atomic mass is 19.3. The molecule has 0 unspecified atom stereocenters. The molecule has 2 heteroatoms. The molecule has 0 spiro atoms. The first-order valence-corrected chi connectivity index (χ1v) is 4.79. The summed E-state index contributed by atoms with van der Waals surface area (Å²) >= 11 is 0. The van der Waals surface area contributed by atoms with Crippen molar-refractivity contribution in [3.05, 3.63) is 49.1 Å². The molecule has 0 N–H and O–H groups in total. The number of allylic oxidation sites excluding steroid dienone is 3. The third-order valence-corrected chi connectivity index (χ3v) is 0. The summed E-state index contributed by atoms with van der Waals surface area (Å²) in [5, 5.41) is 0. The smallest absolute Gasteiger partial charge is 0.174 e. The van der Waals surface area contributed by atoms with Gasteiger partial charge >= 0.3 is 0 Å². The minimum absolute atomic E-state index is 1.17. The van der Waals surface area contributed by atoms with Crippen LogP contribution in [0.15, 0.2) is 49.1 Å². The van der Waals surface area contributed by atoms with E-state index >= 15 is 0 Å². The number of hydrogen-bond acceptors (Lipinski definition) is 0. The summed E-state index contributed by atoms with van der Waals surface area (Å²) in [4.78, 5) is 0. The maximum Gasteiger partial charge on any atom is 0.263 e. The molecule has 0 aliphatic heterocycles. The van der Waals surface area contributed by atoms with E-state index in [0.29, 0.717) is 0 Å². The van der Waals surface area contributed by atoms with Gasteiger partial charge in [-0.3, -0.25) is 0 Å². The highest BCUT2D eigenvalue weighted by molar-refractivity contribution is 4.79. The molecule has 0 atom stereocenters. The Morgan fingerprint density at radius 1 is 0.562 bits per heavy atom. The van der Waals surface area contributed by atoms with Crippen molar-refractivity contribution in [3.63, 3.8) is 0 Å². The van der Waals surface area contributed by atoms with Gasteiger partial charge in [-0.2, -0.15) is 8.78 Å². The summed E-state index contributed by atoms with van der Waals surface area (Å²) in [5.74, 6) is 0. The minimum atomic E-state index is -1.83.